The van der Waals surface area contributed by atoms with Gasteiger partial charge < -0.3 is 0 Å². The third kappa shape index (κ3) is 4.45. The summed E-state index contributed by atoms with van der Waals surface area (Å²) in [5.74, 6) is -0.335. The molecule has 2 aromatic carbocycles. The van der Waals surface area contributed by atoms with Crippen molar-refractivity contribution in [2.45, 2.75) is 24.0 Å². The van der Waals surface area contributed by atoms with Crippen molar-refractivity contribution < 1.29 is 13.2 Å². The third-order valence-electron chi connectivity index (χ3n) is 3.91. The van der Waals surface area contributed by atoms with Crippen molar-refractivity contribution in [2.75, 3.05) is 5.32 Å². The molecule has 0 bridgehead atoms. The molecule has 8 heteroatoms. The molecule has 1 amide bonds. The second kappa shape index (κ2) is 7.92. The first kappa shape index (κ1) is 19.7. The summed E-state index contributed by atoms with van der Waals surface area (Å²) in [7, 11) is -3.35. The smallest absolute Gasteiger partial charge is 0.257 e. The van der Waals surface area contributed by atoms with Crippen molar-refractivity contribution in [2.24, 2.45) is 0 Å². The molecule has 0 aliphatic rings. The average Bonchev–Trinajstić information content (AvgIpc) is 3.10. The van der Waals surface area contributed by atoms with Crippen LogP contribution in [0.25, 0.3) is 11.3 Å². The second-order valence-corrected chi connectivity index (χ2v) is 10.4. The lowest BCUT2D eigenvalue weighted by atomic mass is 10.2. The molecule has 3 rings (SSSR count). The zero-order chi connectivity index (χ0) is 19.6. The van der Waals surface area contributed by atoms with E-state index >= 15 is 0 Å². The van der Waals surface area contributed by atoms with Gasteiger partial charge in [0.2, 0.25) is 0 Å². The lowest BCUT2D eigenvalue weighted by molar-refractivity contribution is 0.102. The number of rotatable bonds is 5. The Balaban J connectivity index is 1.75. The highest BCUT2D eigenvalue weighted by Gasteiger charge is 2.19. The quantitative estimate of drug-likeness (QED) is 0.575. The van der Waals surface area contributed by atoms with Crippen molar-refractivity contribution in [1.29, 1.82) is 0 Å². The zero-order valence-electron chi connectivity index (χ0n) is 14.6. The minimum absolute atomic E-state index is 0.209. The molecule has 0 radical (unpaired) electrons. The number of amides is 1. The summed E-state index contributed by atoms with van der Waals surface area (Å²) in [4.78, 5) is 17.1. The first-order chi connectivity index (χ1) is 12.8. The molecular weight excluding hydrogens is 448 g/mol. The Kier molecular flexibility index (Phi) is 5.78. The highest BCUT2D eigenvalue weighted by molar-refractivity contribution is 9.10. The van der Waals surface area contributed by atoms with Crippen molar-refractivity contribution in [3.63, 3.8) is 0 Å². The number of carbonyl (C=O) groups is 1. The molecule has 0 aliphatic heterocycles. The van der Waals surface area contributed by atoms with Crippen LogP contribution < -0.4 is 5.32 Å². The first-order valence-electron chi connectivity index (χ1n) is 8.14. The molecule has 0 aliphatic carbocycles. The lowest BCUT2D eigenvalue weighted by Crippen LogP contribution is -2.15. The van der Waals surface area contributed by atoms with Gasteiger partial charge in [-0.1, -0.05) is 28.1 Å². The van der Waals surface area contributed by atoms with Crippen LogP contribution in [0.2, 0.25) is 0 Å². The Labute approximate surface area is 170 Å². The van der Waals surface area contributed by atoms with E-state index in [1.807, 2.05) is 29.6 Å². The van der Waals surface area contributed by atoms with Gasteiger partial charge in [0.05, 0.1) is 15.8 Å². The van der Waals surface area contributed by atoms with E-state index in [0.717, 1.165) is 15.7 Å². The number of sulfone groups is 1. The van der Waals surface area contributed by atoms with Gasteiger partial charge in [-0.3, -0.25) is 10.1 Å². The van der Waals surface area contributed by atoms with Gasteiger partial charge in [0, 0.05) is 21.0 Å². The number of hydrogen-bond donors (Lipinski definition) is 1. The predicted molar refractivity (Wildman–Crippen MR) is 112 cm³/mol. The summed E-state index contributed by atoms with van der Waals surface area (Å²) < 4.78 is 25.3. The number of halogens is 1. The molecule has 1 N–H and O–H groups in total. The fourth-order valence-electron chi connectivity index (χ4n) is 2.35. The molecule has 1 aromatic heterocycles. The number of aromatic nitrogens is 1. The summed E-state index contributed by atoms with van der Waals surface area (Å²) in [6, 6.07) is 13.7. The molecule has 3 aromatic rings. The number of nitrogens with one attached hydrogen (secondary N) is 1. The average molecular weight is 465 g/mol. The largest absolute Gasteiger partial charge is 0.298 e. The Morgan fingerprint density at radius 1 is 1.15 bits per heavy atom. The standard InChI is InChI=1S/C19H17BrN2O3S2/c1-12(2)27(24,25)16-8-6-13(7-9-16)18(23)22-19-21-17(11-26-19)14-4-3-5-15(20)10-14/h3-12H,1-2H3,(H,21,22,23). The fraction of sp³-hybridized carbons (Fsp3) is 0.158. The summed E-state index contributed by atoms with van der Waals surface area (Å²) in [6.07, 6.45) is 0. The Morgan fingerprint density at radius 3 is 2.48 bits per heavy atom. The van der Waals surface area contributed by atoms with E-state index in [-0.39, 0.29) is 10.8 Å². The van der Waals surface area contributed by atoms with Crippen molar-refractivity contribution in [1.82, 2.24) is 4.98 Å². The number of benzene rings is 2. The van der Waals surface area contributed by atoms with Crippen LogP contribution in [0.4, 0.5) is 5.13 Å². The maximum atomic E-state index is 12.4. The molecule has 0 spiro atoms. The van der Waals surface area contributed by atoms with Crippen molar-refractivity contribution in [3.05, 3.63) is 63.9 Å². The van der Waals surface area contributed by atoms with E-state index in [1.165, 1.54) is 35.6 Å². The maximum Gasteiger partial charge on any atom is 0.257 e. The van der Waals surface area contributed by atoms with E-state index in [0.29, 0.717) is 10.7 Å². The van der Waals surface area contributed by atoms with Crippen LogP contribution in [0.15, 0.2) is 63.3 Å². The molecule has 0 saturated heterocycles. The minimum Gasteiger partial charge on any atom is -0.298 e. The van der Waals surface area contributed by atoms with Gasteiger partial charge >= 0.3 is 0 Å². The van der Waals surface area contributed by atoms with Crippen LogP contribution in [0.1, 0.15) is 24.2 Å². The summed E-state index contributed by atoms with van der Waals surface area (Å²) >= 11 is 4.76. The van der Waals surface area contributed by atoms with Gasteiger partial charge in [0.25, 0.3) is 5.91 Å². The van der Waals surface area contributed by atoms with Gasteiger partial charge in [0.1, 0.15) is 0 Å². The van der Waals surface area contributed by atoms with E-state index in [9.17, 15) is 13.2 Å². The topological polar surface area (TPSA) is 76.1 Å². The molecule has 0 saturated carbocycles. The SMILES string of the molecule is CC(C)S(=O)(=O)c1ccc(C(=O)Nc2nc(-c3cccc(Br)c3)cs2)cc1. The van der Waals surface area contributed by atoms with Crippen LogP contribution >= 0.6 is 27.3 Å². The van der Waals surface area contributed by atoms with Crippen molar-refractivity contribution >= 4 is 48.1 Å². The number of anilines is 1. The van der Waals surface area contributed by atoms with Gasteiger partial charge in [-0.15, -0.1) is 11.3 Å². The van der Waals surface area contributed by atoms with Crippen LogP contribution in [-0.2, 0) is 9.84 Å². The van der Waals surface area contributed by atoms with Crippen LogP contribution in [-0.4, -0.2) is 24.6 Å². The normalized spacial score (nSPS) is 11.6. The van der Waals surface area contributed by atoms with Gasteiger partial charge in [-0.25, -0.2) is 13.4 Å². The molecular formula is C19H17BrN2O3S2. The van der Waals surface area contributed by atoms with E-state index < -0.39 is 15.1 Å². The maximum absolute atomic E-state index is 12.4. The molecule has 0 fully saturated rings. The van der Waals surface area contributed by atoms with Gasteiger partial charge in [0.15, 0.2) is 15.0 Å². The summed E-state index contributed by atoms with van der Waals surface area (Å²) in [5.41, 5.74) is 2.09. The second-order valence-electron chi connectivity index (χ2n) is 6.12. The third-order valence-corrected chi connectivity index (χ3v) is 7.33. The predicted octanol–water partition coefficient (Wildman–Crippen LogP) is 5.01. The highest BCUT2D eigenvalue weighted by atomic mass is 79.9. The zero-order valence-corrected chi connectivity index (χ0v) is 17.9. The Morgan fingerprint density at radius 2 is 1.85 bits per heavy atom. The van der Waals surface area contributed by atoms with Gasteiger partial charge in [-0.2, -0.15) is 0 Å². The van der Waals surface area contributed by atoms with Crippen LogP contribution in [0.5, 0.6) is 0 Å². The Hall–Kier alpha value is -2.03. The molecule has 1 heterocycles. The number of thiazole rings is 1. The van der Waals surface area contributed by atoms with Crippen molar-refractivity contribution in [3.8, 4) is 11.3 Å². The Bertz CT molecular complexity index is 1070. The minimum atomic E-state index is -3.35. The van der Waals surface area contributed by atoms with Crippen LogP contribution in [0, 0.1) is 0 Å². The molecule has 27 heavy (non-hydrogen) atoms. The van der Waals surface area contributed by atoms with E-state index in [1.54, 1.807) is 13.8 Å². The number of hydrogen-bond acceptors (Lipinski definition) is 5. The molecule has 0 unspecified atom stereocenters. The molecule has 0 atom stereocenters. The van der Waals surface area contributed by atoms with E-state index in [2.05, 4.69) is 26.2 Å². The van der Waals surface area contributed by atoms with E-state index in [4.69, 9.17) is 0 Å². The number of nitrogens with zero attached hydrogens (tertiary/aromatic N) is 1. The highest BCUT2D eigenvalue weighted by Crippen LogP contribution is 2.27. The summed E-state index contributed by atoms with van der Waals surface area (Å²) in [6.45, 7) is 3.25. The van der Waals surface area contributed by atoms with Gasteiger partial charge in [-0.05, 0) is 50.2 Å². The van der Waals surface area contributed by atoms with Crippen LogP contribution in [0.3, 0.4) is 0 Å². The molecule has 140 valence electrons. The summed E-state index contributed by atoms with van der Waals surface area (Å²) in [5, 5.41) is 4.59. The molecule has 5 nitrogen and oxygen atoms in total. The lowest BCUT2D eigenvalue weighted by Gasteiger charge is -2.08. The number of carbonyl (C=O) groups excluding carboxylic acids is 1. The first-order valence-corrected chi connectivity index (χ1v) is 11.4. The monoisotopic (exact) mass is 464 g/mol. The fourth-order valence-corrected chi connectivity index (χ4v) is 4.52.